The fraction of sp³-hybridized carbons (Fsp3) is 0.500. The molecule has 2 aliphatic rings. The third kappa shape index (κ3) is 5.43. The summed E-state index contributed by atoms with van der Waals surface area (Å²) < 4.78 is 28.0. The van der Waals surface area contributed by atoms with E-state index >= 15 is 0 Å². The van der Waals surface area contributed by atoms with Gasteiger partial charge in [0, 0.05) is 12.7 Å². The molecule has 2 atom stereocenters. The molecule has 0 N–H and O–H groups in total. The second-order valence-corrected chi connectivity index (χ2v) is 11.9. The van der Waals surface area contributed by atoms with Crippen molar-refractivity contribution in [3.63, 3.8) is 0 Å². The van der Waals surface area contributed by atoms with Gasteiger partial charge in [-0.05, 0) is 88.5 Å². The van der Waals surface area contributed by atoms with Crippen LogP contribution in [0.5, 0.6) is 0 Å². The lowest BCUT2D eigenvalue weighted by molar-refractivity contribution is 0.0853. The first-order chi connectivity index (χ1) is 16.3. The van der Waals surface area contributed by atoms with E-state index in [2.05, 4.69) is 18.8 Å². The summed E-state index contributed by atoms with van der Waals surface area (Å²) in [5.74, 6) is 1.07. The zero-order valence-electron chi connectivity index (χ0n) is 20.5. The first-order valence-electron chi connectivity index (χ1n) is 12.5. The predicted molar refractivity (Wildman–Crippen MR) is 135 cm³/mol. The Bertz CT molecular complexity index is 1130. The minimum absolute atomic E-state index is 0.138. The highest BCUT2D eigenvalue weighted by Crippen LogP contribution is 2.49. The number of aryl methyl sites for hydroxylation is 1. The number of rotatable bonds is 8. The van der Waals surface area contributed by atoms with Crippen molar-refractivity contribution in [1.82, 2.24) is 9.29 Å². The molecule has 2 aromatic rings. The summed E-state index contributed by atoms with van der Waals surface area (Å²) in [6, 6.07) is 11.7. The Labute approximate surface area is 204 Å². The van der Waals surface area contributed by atoms with Gasteiger partial charge in [-0.25, -0.2) is 12.7 Å². The average Bonchev–Trinajstić information content (AvgIpc) is 3.64. The highest BCUT2D eigenvalue weighted by atomic mass is 32.2. The van der Waals surface area contributed by atoms with Gasteiger partial charge in [0.05, 0.1) is 4.90 Å². The van der Waals surface area contributed by atoms with Crippen LogP contribution in [0, 0.1) is 24.7 Å². The van der Waals surface area contributed by atoms with Crippen molar-refractivity contribution in [2.45, 2.75) is 70.6 Å². The molecular weight excluding hydrogens is 444 g/mol. The molecule has 5 nitrogen and oxygen atoms in total. The largest absolute Gasteiger partial charge is 0.286 e. The van der Waals surface area contributed by atoms with Crippen molar-refractivity contribution >= 4 is 15.9 Å². The lowest BCUT2D eigenvalue weighted by Gasteiger charge is -2.25. The molecule has 0 radical (unpaired) electrons. The maximum Gasteiger partial charge on any atom is 0.286 e. The van der Waals surface area contributed by atoms with Gasteiger partial charge >= 0.3 is 0 Å². The molecule has 2 aliphatic carbocycles. The lowest BCUT2D eigenvalue weighted by Crippen LogP contribution is -2.38. The van der Waals surface area contributed by atoms with Gasteiger partial charge in [-0.15, -0.1) is 0 Å². The third-order valence-corrected chi connectivity index (χ3v) is 9.54. The smallest absolute Gasteiger partial charge is 0.266 e. The van der Waals surface area contributed by atoms with Gasteiger partial charge in [0.1, 0.15) is 5.69 Å². The van der Waals surface area contributed by atoms with Gasteiger partial charge in [0.25, 0.3) is 15.9 Å². The summed E-state index contributed by atoms with van der Waals surface area (Å²) >= 11 is 0. The Balaban J connectivity index is 1.50. The van der Waals surface area contributed by atoms with E-state index in [1.54, 1.807) is 48.0 Å². The summed E-state index contributed by atoms with van der Waals surface area (Å²) in [5, 5.41) is 0. The topological polar surface area (TPSA) is 67.3 Å². The standard InChI is InChI=1S/C28H36N2O3S/c1-20-12-14-25(15-13-20)34(32,33)30(28(31)27-11-7-8-17-29-27)18-16-24-19-26(24)22(3)21(2)23-9-5-4-6-10-23/h7-8,11-15,17,23-24,26H,4-6,9-10,16,18-19H2,1-3H3/b22-21+. The molecule has 0 aliphatic heterocycles. The van der Waals surface area contributed by atoms with Crippen LogP contribution in [0.2, 0.25) is 0 Å². The first kappa shape index (κ1) is 24.6. The highest BCUT2D eigenvalue weighted by molar-refractivity contribution is 7.89. The molecular formula is C28H36N2O3S. The molecule has 1 heterocycles. The third-order valence-electron chi connectivity index (χ3n) is 7.74. The molecule has 2 fully saturated rings. The number of nitrogens with zero attached hydrogens (tertiary/aromatic N) is 2. The number of hydrogen-bond donors (Lipinski definition) is 0. The van der Waals surface area contributed by atoms with Crippen molar-refractivity contribution in [3.8, 4) is 0 Å². The number of amides is 1. The van der Waals surface area contributed by atoms with Gasteiger partial charge < -0.3 is 0 Å². The van der Waals surface area contributed by atoms with Gasteiger partial charge in [0.15, 0.2) is 0 Å². The summed E-state index contributed by atoms with van der Waals surface area (Å²) in [4.78, 5) is 17.5. The van der Waals surface area contributed by atoms with Crippen LogP contribution >= 0.6 is 0 Å². The second kappa shape index (κ2) is 10.4. The molecule has 1 aromatic carbocycles. The normalized spacial score (nSPS) is 21.6. The van der Waals surface area contributed by atoms with E-state index in [4.69, 9.17) is 0 Å². The van der Waals surface area contributed by atoms with Crippen molar-refractivity contribution in [2.24, 2.45) is 17.8 Å². The highest BCUT2D eigenvalue weighted by Gasteiger charge is 2.41. The lowest BCUT2D eigenvalue weighted by atomic mass is 9.82. The van der Waals surface area contributed by atoms with Gasteiger partial charge in [-0.2, -0.15) is 0 Å². The minimum Gasteiger partial charge on any atom is -0.266 e. The van der Waals surface area contributed by atoms with Gasteiger partial charge in [-0.1, -0.05) is 54.2 Å². The number of allylic oxidation sites excluding steroid dienone is 2. The Hall–Kier alpha value is -2.47. The van der Waals surface area contributed by atoms with Crippen molar-refractivity contribution in [1.29, 1.82) is 0 Å². The fourth-order valence-electron chi connectivity index (χ4n) is 5.32. The molecule has 1 amide bonds. The first-order valence-corrected chi connectivity index (χ1v) is 13.9. The maximum atomic E-state index is 13.5. The van der Waals surface area contributed by atoms with E-state index in [0.717, 1.165) is 16.3 Å². The van der Waals surface area contributed by atoms with E-state index in [-0.39, 0.29) is 17.1 Å². The van der Waals surface area contributed by atoms with E-state index < -0.39 is 15.9 Å². The van der Waals surface area contributed by atoms with Crippen LogP contribution in [0.4, 0.5) is 0 Å². The number of benzene rings is 1. The number of carbonyl (C=O) groups is 1. The Morgan fingerprint density at radius 2 is 1.71 bits per heavy atom. The number of pyridine rings is 1. The number of hydrogen-bond acceptors (Lipinski definition) is 4. The van der Waals surface area contributed by atoms with E-state index in [0.29, 0.717) is 24.2 Å². The van der Waals surface area contributed by atoms with E-state index in [9.17, 15) is 13.2 Å². The van der Waals surface area contributed by atoms with Crippen LogP contribution in [0.15, 0.2) is 64.7 Å². The molecule has 182 valence electrons. The van der Waals surface area contributed by atoms with Crippen LogP contribution in [-0.4, -0.2) is 30.2 Å². The zero-order chi connectivity index (χ0) is 24.3. The summed E-state index contributed by atoms with van der Waals surface area (Å²) in [5.41, 5.74) is 4.15. The molecule has 0 spiro atoms. The Morgan fingerprint density at radius 1 is 1.00 bits per heavy atom. The predicted octanol–water partition coefficient (Wildman–Crippen LogP) is 6.16. The number of sulfonamides is 1. The summed E-state index contributed by atoms with van der Waals surface area (Å²) in [6.07, 6.45) is 9.85. The second-order valence-electron chi connectivity index (χ2n) is 10.0. The number of carbonyl (C=O) groups excluding carboxylic acids is 1. The average molecular weight is 481 g/mol. The van der Waals surface area contributed by atoms with Gasteiger partial charge in [-0.3, -0.25) is 9.78 Å². The molecule has 2 unspecified atom stereocenters. The molecule has 4 rings (SSSR count). The monoisotopic (exact) mass is 480 g/mol. The van der Waals surface area contributed by atoms with Crippen molar-refractivity contribution < 1.29 is 13.2 Å². The fourth-order valence-corrected chi connectivity index (χ4v) is 6.71. The van der Waals surface area contributed by atoms with Crippen molar-refractivity contribution in [2.75, 3.05) is 6.54 Å². The maximum absolute atomic E-state index is 13.5. The zero-order valence-corrected chi connectivity index (χ0v) is 21.4. The minimum atomic E-state index is -3.97. The molecule has 0 bridgehead atoms. The van der Waals surface area contributed by atoms with Gasteiger partial charge in [0.2, 0.25) is 0 Å². The summed E-state index contributed by atoms with van der Waals surface area (Å²) in [6.45, 7) is 6.63. The van der Waals surface area contributed by atoms with Crippen LogP contribution in [0.3, 0.4) is 0 Å². The molecule has 1 aromatic heterocycles. The van der Waals surface area contributed by atoms with Crippen LogP contribution in [-0.2, 0) is 10.0 Å². The summed E-state index contributed by atoms with van der Waals surface area (Å²) in [7, 11) is -3.97. The van der Waals surface area contributed by atoms with Crippen LogP contribution in [0.1, 0.15) is 74.8 Å². The molecule has 34 heavy (non-hydrogen) atoms. The van der Waals surface area contributed by atoms with Crippen LogP contribution in [0.25, 0.3) is 0 Å². The van der Waals surface area contributed by atoms with Crippen molar-refractivity contribution in [3.05, 3.63) is 71.1 Å². The molecule has 2 saturated carbocycles. The van der Waals surface area contributed by atoms with Crippen LogP contribution < -0.4 is 0 Å². The Morgan fingerprint density at radius 3 is 2.35 bits per heavy atom. The molecule has 0 saturated heterocycles. The quantitative estimate of drug-likeness (QED) is 0.424. The van der Waals surface area contributed by atoms with E-state index in [1.807, 2.05) is 6.92 Å². The Kier molecular flexibility index (Phi) is 7.56. The number of aromatic nitrogens is 1. The van der Waals surface area contributed by atoms with E-state index in [1.165, 1.54) is 43.9 Å². The SMILES string of the molecule is C/C(=C(/C)C1CC1CCN(C(=O)c1ccccn1)S(=O)(=O)c1ccc(C)cc1)C1CCCCC1. The molecule has 6 heteroatoms.